The molecule has 0 spiro atoms. The number of hydrogen-bond donors (Lipinski definition) is 1. The molecule has 2 heterocycles. The minimum absolute atomic E-state index is 0.103. The van der Waals surface area contributed by atoms with E-state index in [0.717, 1.165) is 31.9 Å². The predicted molar refractivity (Wildman–Crippen MR) is 115 cm³/mol. The summed E-state index contributed by atoms with van der Waals surface area (Å²) in [5.41, 5.74) is 0.824. The van der Waals surface area contributed by atoms with E-state index >= 15 is 0 Å². The normalized spacial score (nSPS) is 18.0. The van der Waals surface area contributed by atoms with Gasteiger partial charge in [0.15, 0.2) is 9.84 Å². The Hall–Kier alpha value is -2.81. The summed E-state index contributed by atoms with van der Waals surface area (Å²) in [7, 11) is -3.49. The minimum atomic E-state index is -3.49. The van der Waals surface area contributed by atoms with Crippen molar-refractivity contribution in [3.8, 4) is 0 Å². The first kappa shape index (κ1) is 21.4. The van der Waals surface area contributed by atoms with Gasteiger partial charge in [-0.05, 0) is 30.5 Å². The van der Waals surface area contributed by atoms with Crippen LogP contribution in [0.2, 0.25) is 0 Å². The van der Waals surface area contributed by atoms with E-state index in [9.17, 15) is 18.0 Å². The van der Waals surface area contributed by atoms with Gasteiger partial charge < -0.3 is 10.2 Å². The van der Waals surface area contributed by atoms with Crippen molar-refractivity contribution in [3.05, 3.63) is 47.9 Å². The van der Waals surface area contributed by atoms with Crippen LogP contribution in [-0.4, -0.2) is 47.4 Å². The second kappa shape index (κ2) is 8.74. The lowest BCUT2D eigenvalue weighted by atomic mass is 9.84. The Bertz CT molecular complexity index is 1080. The highest BCUT2D eigenvalue weighted by molar-refractivity contribution is 7.90. The number of carbonyl (C=O) groups is 2. The number of rotatable bonds is 6. The molecular formula is C22H26N4O4S. The molecule has 1 fully saturated rings. The Morgan fingerprint density at radius 2 is 2.00 bits per heavy atom. The number of nitrogens with one attached hydrogen (secondary N) is 1. The highest BCUT2D eigenvalue weighted by atomic mass is 32.2. The lowest BCUT2D eigenvalue weighted by molar-refractivity contribution is -0.121. The average molecular weight is 443 g/mol. The Morgan fingerprint density at radius 3 is 2.68 bits per heavy atom. The van der Waals surface area contributed by atoms with E-state index in [1.54, 1.807) is 18.2 Å². The van der Waals surface area contributed by atoms with E-state index in [4.69, 9.17) is 0 Å². The molecule has 2 amide bonds. The summed E-state index contributed by atoms with van der Waals surface area (Å²) in [5.74, 6) is 0.0981. The van der Waals surface area contributed by atoms with Gasteiger partial charge in [-0.2, -0.15) is 0 Å². The number of carbonyl (C=O) groups excluding carboxylic acids is 2. The number of nitrogens with zero attached hydrogens (tertiary/aromatic N) is 3. The number of hydrogen-bond acceptors (Lipinski definition) is 6. The van der Waals surface area contributed by atoms with Crippen molar-refractivity contribution in [1.82, 2.24) is 14.9 Å². The maximum atomic E-state index is 13.3. The lowest BCUT2D eigenvalue weighted by Crippen LogP contribution is -2.45. The molecule has 8 nitrogen and oxygen atoms in total. The van der Waals surface area contributed by atoms with Gasteiger partial charge in [-0.3, -0.25) is 9.59 Å². The van der Waals surface area contributed by atoms with Crippen molar-refractivity contribution < 1.29 is 18.0 Å². The highest BCUT2D eigenvalue weighted by Gasteiger charge is 2.39. The van der Waals surface area contributed by atoms with Gasteiger partial charge in [-0.15, -0.1) is 0 Å². The van der Waals surface area contributed by atoms with Gasteiger partial charge in [0, 0.05) is 30.1 Å². The van der Waals surface area contributed by atoms with Crippen molar-refractivity contribution in [1.29, 1.82) is 0 Å². The van der Waals surface area contributed by atoms with Gasteiger partial charge in [-0.1, -0.05) is 38.2 Å². The fraction of sp³-hybridized carbons (Fsp3) is 0.455. The summed E-state index contributed by atoms with van der Waals surface area (Å²) in [4.78, 5) is 36.1. The third-order valence-corrected chi connectivity index (χ3v) is 7.33. The molecule has 9 heteroatoms. The molecule has 1 unspecified atom stereocenters. The van der Waals surface area contributed by atoms with Crippen molar-refractivity contribution in [2.75, 3.05) is 11.6 Å². The lowest BCUT2D eigenvalue weighted by Gasteiger charge is -2.31. The van der Waals surface area contributed by atoms with E-state index in [2.05, 4.69) is 15.3 Å². The van der Waals surface area contributed by atoms with E-state index in [-0.39, 0.29) is 23.3 Å². The maximum Gasteiger partial charge on any atom is 0.255 e. The molecule has 1 N–H and O–H groups in total. The molecule has 1 aliphatic carbocycles. The zero-order valence-corrected chi connectivity index (χ0v) is 18.3. The second-order valence-corrected chi connectivity index (χ2v) is 10.3. The smallest absolute Gasteiger partial charge is 0.255 e. The number of amides is 2. The van der Waals surface area contributed by atoms with Crippen LogP contribution in [-0.2, 0) is 21.2 Å². The van der Waals surface area contributed by atoms with Crippen molar-refractivity contribution in [2.45, 2.75) is 56.0 Å². The van der Waals surface area contributed by atoms with Crippen LogP contribution in [0.15, 0.2) is 41.7 Å². The summed E-state index contributed by atoms with van der Waals surface area (Å²) in [6, 6.07) is 5.62. The van der Waals surface area contributed by atoms with Crippen LogP contribution in [0.1, 0.15) is 54.4 Å². The van der Waals surface area contributed by atoms with Gasteiger partial charge in [-0.25, -0.2) is 18.4 Å². The average Bonchev–Trinajstić information content (AvgIpc) is 3.09. The molecule has 4 rings (SSSR count). The SMILES string of the molecule is CS(=O)(=O)c1cccc2c1CN(C(CC1CCCCC1)C(=O)Nc1ccncn1)C2=O. The van der Waals surface area contributed by atoms with Gasteiger partial charge in [0.05, 0.1) is 4.90 Å². The third-order valence-electron chi connectivity index (χ3n) is 6.15. The van der Waals surface area contributed by atoms with Crippen LogP contribution in [0.4, 0.5) is 5.82 Å². The second-order valence-electron chi connectivity index (χ2n) is 8.33. The molecule has 0 saturated heterocycles. The monoisotopic (exact) mass is 442 g/mol. The quantitative estimate of drug-likeness (QED) is 0.737. The summed E-state index contributed by atoms with van der Waals surface area (Å²) in [6.07, 6.45) is 10.1. The van der Waals surface area contributed by atoms with E-state index in [1.165, 1.54) is 29.9 Å². The van der Waals surface area contributed by atoms with Gasteiger partial charge in [0.25, 0.3) is 5.91 Å². The van der Waals surface area contributed by atoms with E-state index in [0.29, 0.717) is 29.3 Å². The molecule has 0 bridgehead atoms. The van der Waals surface area contributed by atoms with E-state index < -0.39 is 15.9 Å². The maximum absolute atomic E-state index is 13.3. The fourth-order valence-electron chi connectivity index (χ4n) is 4.61. The molecule has 164 valence electrons. The molecule has 2 aromatic rings. The first-order chi connectivity index (χ1) is 14.8. The summed E-state index contributed by atoms with van der Waals surface area (Å²) >= 11 is 0. The largest absolute Gasteiger partial charge is 0.322 e. The van der Waals surface area contributed by atoms with E-state index in [1.807, 2.05) is 0 Å². The van der Waals surface area contributed by atoms with Gasteiger partial charge >= 0.3 is 0 Å². The number of anilines is 1. The zero-order chi connectivity index (χ0) is 22.0. The standard InChI is InChI=1S/C22H26N4O4S/c1-31(29,30)19-9-5-8-16-17(19)13-26(22(16)28)18(12-15-6-3-2-4-7-15)21(27)25-20-10-11-23-14-24-20/h5,8-11,14-15,18H,2-4,6-7,12-13H2,1H3,(H,23,24,25,27). The molecule has 31 heavy (non-hydrogen) atoms. The minimum Gasteiger partial charge on any atom is -0.322 e. The molecule has 1 aliphatic heterocycles. The molecule has 1 saturated carbocycles. The van der Waals surface area contributed by atoms with Crippen molar-refractivity contribution >= 4 is 27.5 Å². The summed E-state index contributed by atoms with van der Waals surface area (Å²) < 4.78 is 24.5. The molecule has 1 aromatic heterocycles. The topological polar surface area (TPSA) is 109 Å². The van der Waals surface area contributed by atoms with Crippen LogP contribution in [0, 0.1) is 5.92 Å². The summed E-state index contributed by atoms with van der Waals surface area (Å²) in [6.45, 7) is 0.103. The van der Waals surface area contributed by atoms with Crippen molar-refractivity contribution in [3.63, 3.8) is 0 Å². The van der Waals surface area contributed by atoms with Crippen LogP contribution in [0.3, 0.4) is 0 Å². The number of fused-ring (bicyclic) bond motifs is 1. The fourth-order valence-corrected chi connectivity index (χ4v) is 5.56. The number of benzene rings is 1. The van der Waals surface area contributed by atoms with Crippen LogP contribution in [0.5, 0.6) is 0 Å². The van der Waals surface area contributed by atoms with Gasteiger partial charge in [0.1, 0.15) is 18.2 Å². The molecular weight excluding hydrogens is 416 g/mol. The summed E-state index contributed by atoms with van der Waals surface area (Å²) in [5, 5.41) is 2.80. The predicted octanol–water partition coefficient (Wildman–Crippen LogP) is 2.81. The zero-order valence-electron chi connectivity index (χ0n) is 17.5. The van der Waals surface area contributed by atoms with Crippen LogP contribution >= 0.6 is 0 Å². The first-order valence-corrected chi connectivity index (χ1v) is 12.4. The Balaban J connectivity index is 1.64. The molecule has 1 atom stereocenters. The van der Waals surface area contributed by atoms with Crippen LogP contribution < -0.4 is 5.32 Å². The Labute approximate surface area is 182 Å². The third kappa shape index (κ3) is 4.61. The van der Waals surface area contributed by atoms with Crippen LogP contribution in [0.25, 0.3) is 0 Å². The molecule has 1 aromatic carbocycles. The number of sulfone groups is 1. The molecule has 0 radical (unpaired) electrons. The number of aromatic nitrogens is 2. The Kier molecular flexibility index (Phi) is 6.04. The van der Waals surface area contributed by atoms with Crippen molar-refractivity contribution in [2.24, 2.45) is 5.92 Å². The highest BCUT2D eigenvalue weighted by Crippen LogP contribution is 2.34. The van der Waals surface area contributed by atoms with Gasteiger partial charge in [0.2, 0.25) is 5.91 Å². The first-order valence-electron chi connectivity index (χ1n) is 10.5. The molecule has 2 aliphatic rings. The Morgan fingerprint density at radius 1 is 1.23 bits per heavy atom.